The minimum absolute atomic E-state index is 0.445. The molecular formula is C5H8N2O3. The zero-order chi connectivity index (χ0) is 7.40. The molecule has 0 aromatic carbocycles. The maximum Gasteiger partial charge on any atom is 0.425 e. The van der Waals surface area contributed by atoms with E-state index in [-0.39, 0.29) is 0 Å². The minimum atomic E-state index is -1.14. The van der Waals surface area contributed by atoms with E-state index in [1.165, 1.54) is 0 Å². The number of hydrogen-bond acceptors (Lipinski definition) is 3. The molecule has 5 nitrogen and oxygen atoms in total. The smallest absolute Gasteiger partial charge is 0.425 e. The molecule has 0 bridgehead atoms. The van der Waals surface area contributed by atoms with Crippen LogP contribution in [0.25, 0.3) is 0 Å². The van der Waals surface area contributed by atoms with Gasteiger partial charge in [-0.3, -0.25) is 0 Å². The van der Waals surface area contributed by atoms with Crippen molar-refractivity contribution in [3.8, 4) is 0 Å². The van der Waals surface area contributed by atoms with E-state index in [1.807, 2.05) is 5.43 Å². The molecule has 1 aliphatic heterocycles. The molecule has 0 spiro atoms. The molecule has 0 saturated carbocycles. The van der Waals surface area contributed by atoms with Crippen LogP contribution in [0, 0.1) is 0 Å². The van der Waals surface area contributed by atoms with Crippen LogP contribution in [0.15, 0.2) is 5.10 Å². The summed E-state index contributed by atoms with van der Waals surface area (Å²) in [5.74, 6) is 0. The first-order valence-corrected chi connectivity index (χ1v) is 2.91. The third-order valence-corrected chi connectivity index (χ3v) is 1.11. The lowest BCUT2D eigenvalue weighted by molar-refractivity contribution is 0.194. The molecule has 0 aliphatic carbocycles. The van der Waals surface area contributed by atoms with Crippen LogP contribution in [-0.4, -0.2) is 30.1 Å². The first kappa shape index (κ1) is 7.01. The van der Waals surface area contributed by atoms with Crippen LogP contribution in [-0.2, 0) is 4.74 Å². The fourth-order valence-electron chi connectivity index (χ4n) is 0.667. The van der Waals surface area contributed by atoms with Crippen molar-refractivity contribution in [2.24, 2.45) is 5.10 Å². The highest BCUT2D eigenvalue weighted by Crippen LogP contribution is 1.97. The molecule has 2 N–H and O–H groups in total. The van der Waals surface area contributed by atoms with Crippen LogP contribution >= 0.6 is 0 Å². The highest BCUT2D eigenvalue weighted by molar-refractivity contribution is 5.87. The standard InChI is InChI=1S/C5H8N2O3/c8-5(9)7-6-4-1-2-10-3-4/h7H,1-3H2,(H,8,9). The van der Waals surface area contributed by atoms with Crippen LogP contribution in [0.2, 0.25) is 0 Å². The van der Waals surface area contributed by atoms with Crippen molar-refractivity contribution >= 4 is 11.8 Å². The Balaban J connectivity index is 2.31. The first-order chi connectivity index (χ1) is 4.79. The van der Waals surface area contributed by atoms with Gasteiger partial charge < -0.3 is 9.84 Å². The number of ether oxygens (including phenoxy) is 1. The van der Waals surface area contributed by atoms with Crippen LogP contribution < -0.4 is 5.43 Å². The molecule has 0 aromatic heterocycles. The van der Waals surface area contributed by atoms with Gasteiger partial charge in [0, 0.05) is 6.42 Å². The largest absolute Gasteiger partial charge is 0.464 e. The Morgan fingerprint density at radius 2 is 2.60 bits per heavy atom. The summed E-state index contributed by atoms with van der Waals surface area (Å²) < 4.78 is 4.93. The zero-order valence-corrected chi connectivity index (χ0v) is 5.33. The molecule has 1 amide bonds. The van der Waals surface area contributed by atoms with Gasteiger partial charge in [-0.15, -0.1) is 0 Å². The number of nitrogens with zero attached hydrogens (tertiary/aromatic N) is 1. The molecule has 0 radical (unpaired) electrons. The highest BCUT2D eigenvalue weighted by Gasteiger charge is 2.08. The van der Waals surface area contributed by atoms with Crippen molar-refractivity contribution in [3.05, 3.63) is 0 Å². The molecule has 1 rings (SSSR count). The van der Waals surface area contributed by atoms with Gasteiger partial charge in [-0.25, -0.2) is 10.2 Å². The van der Waals surface area contributed by atoms with Gasteiger partial charge in [0.25, 0.3) is 0 Å². The predicted octanol–water partition coefficient (Wildman–Crippen LogP) is 0.0303. The fraction of sp³-hybridized carbons (Fsp3) is 0.600. The van der Waals surface area contributed by atoms with Gasteiger partial charge in [0.2, 0.25) is 0 Å². The molecule has 1 aliphatic rings. The van der Waals surface area contributed by atoms with Gasteiger partial charge in [-0.05, 0) is 0 Å². The molecule has 5 heteroatoms. The summed E-state index contributed by atoms with van der Waals surface area (Å²) in [6.07, 6.45) is -0.417. The van der Waals surface area contributed by atoms with E-state index in [4.69, 9.17) is 9.84 Å². The summed E-state index contributed by atoms with van der Waals surface area (Å²) in [4.78, 5) is 9.90. The molecule has 1 fully saturated rings. The Morgan fingerprint density at radius 3 is 3.10 bits per heavy atom. The lowest BCUT2D eigenvalue weighted by atomic mass is 10.3. The first-order valence-electron chi connectivity index (χ1n) is 2.91. The van der Waals surface area contributed by atoms with E-state index in [9.17, 15) is 4.79 Å². The lowest BCUT2D eigenvalue weighted by Gasteiger charge is -1.91. The van der Waals surface area contributed by atoms with Crippen molar-refractivity contribution in [3.63, 3.8) is 0 Å². The topological polar surface area (TPSA) is 70.9 Å². The number of hydrazone groups is 1. The van der Waals surface area contributed by atoms with E-state index in [2.05, 4.69) is 5.10 Å². The molecule has 0 unspecified atom stereocenters. The van der Waals surface area contributed by atoms with Crippen molar-refractivity contribution in [2.75, 3.05) is 13.2 Å². The van der Waals surface area contributed by atoms with Gasteiger partial charge in [0.1, 0.15) is 0 Å². The van der Waals surface area contributed by atoms with Crippen LogP contribution in [0.3, 0.4) is 0 Å². The van der Waals surface area contributed by atoms with Gasteiger partial charge in [-0.1, -0.05) is 0 Å². The second kappa shape index (κ2) is 3.17. The second-order valence-corrected chi connectivity index (χ2v) is 1.90. The summed E-state index contributed by atoms with van der Waals surface area (Å²) in [5.41, 5.74) is 2.66. The van der Waals surface area contributed by atoms with Crippen LogP contribution in [0.4, 0.5) is 4.79 Å². The highest BCUT2D eigenvalue weighted by atomic mass is 16.5. The third-order valence-electron chi connectivity index (χ3n) is 1.11. The average Bonchev–Trinajstić information content (AvgIpc) is 2.34. The fourth-order valence-corrected chi connectivity index (χ4v) is 0.667. The van der Waals surface area contributed by atoms with Crippen molar-refractivity contribution in [1.82, 2.24) is 5.43 Å². The Kier molecular flexibility index (Phi) is 2.22. The number of carbonyl (C=O) groups is 1. The van der Waals surface area contributed by atoms with E-state index in [0.29, 0.717) is 13.2 Å². The van der Waals surface area contributed by atoms with E-state index < -0.39 is 6.09 Å². The Hall–Kier alpha value is -1.10. The van der Waals surface area contributed by atoms with E-state index in [0.717, 1.165) is 12.1 Å². The van der Waals surface area contributed by atoms with E-state index >= 15 is 0 Å². The quantitative estimate of drug-likeness (QED) is 0.510. The van der Waals surface area contributed by atoms with Gasteiger partial charge in [0.05, 0.1) is 18.9 Å². The molecule has 0 aromatic rings. The summed E-state index contributed by atoms with van der Waals surface area (Å²) in [5, 5.41) is 11.7. The molecule has 56 valence electrons. The van der Waals surface area contributed by atoms with Crippen LogP contribution in [0.5, 0.6) is 0 Å². The second-order valence-electron chi connectivity index (χ2n) is 1.90. The maximum absolute atomic E-state index is 9.90. The van der Waals surface area contributed by atoms with E-state index in [1.54, 1.807) is 0 Å². The molecule has 0 atom stereocenters. The molecule has 1 saturated heterocycles. The Morgan fingerprint density at radius 1 is 1.80 bits per heavy atom. The van der Waals surface area contributed by atoms with Crippen molar-refractivity contribution < 1.29 is 14.6 Å². The average molecular weight is 144 g/mol. The Labute approximate surface area is 57.7 Å². The Bertz CT molecular complexity index is 158. The minimum Gasteiger partial charge on any atom is -0.464 e. The predicted molar refractivity (Wildman–Crippen MR) is 34.0 cm³/mol. The van der Waals surface area contributed by atoms with Gasteiger partial charge in [0.15, 0.2) is 0 Å². The summed E-state index contributed by atoms with van der Waals surface area (Å²) in [6, 6.07) is 0. The third kappa shape index (κ3) is 2.02. The molecule has 1 heterocycles. The SMILES string of the molecule is O=C(O)NN=C1CCOC1. The number of nitrogens with one attached hydrogen (secondary N) is 1. The summed E-state index contributed by atoms with van der Waals surface area (Å²) >= 11 is 0. The zero-order valence-electron chi connectivity index (χ0n) is 5.33. The van der Waals surface area contributed by atoms with Crippen LogP contribution in [0.1, 0.15) is 6.42 Å². The number of amides is 1. The lowest BCUT2D eigenvalue weighted by Crippen LogP contribution is -2.16. The summed E-state index contributed by atoms with van der Waals surface area (Å²) in [7, 11) is 0. The monoisotopic (exact) mass is 144 g/mol. The van der Waals surface area contributed by atoms with Gasteiger partial charge in [-0.2, -0.15) is 5.10 Å². The number of carboxylic acid groups (broad SMARTS) is 1. The molecular weight excluding hydrogens is 136 g/mol. The normalized spacial score (nSPS) is 21.4. The number of hydrogen-bond donors (Lipinski definition) is 2. The van der Waals surface area contributed by atoms with Gasteiger partial charge >= 0.3 is 6.09 Å². The van der Waals surface area contributed by atoms with Crippen molar-refractivity contribution in [2.45, 2.75) is 6.42 Å². The summed E-state index contributed by atoms with van der Waals surface area (Å²) in [6.45, 7) is 1.08. The van der Waals surface area contributed by atoms with Crippen molar-refractivity contribution in [1.29, 1.82) is 0 Å². The maximum atomic E-state index is 9.90. The number of rotatable bonds is 1. The molecule has 10 heavy (non-hydrogen) atoms.